The SMILES string of the molecule is CCCn1cc(S(=O)(=O)N(C)Cc2ncc[nH]2)c(N)n1. The average Bonchev–Trinajstić information content (AvgIpc) is 2.99. The van der Waals surface area contributed by atoms with Crippen LogP contribution in [0.5, 0.6) is 0 Å². The summed E-state index contributed by atoms with van der Waals surface area (Å²) in [4.78, 5) is 6.90. The van der Waals surface area contributed by atoms with Crippen LogP contribution >= 0.6 is 0 Å². The lowest BCUT2D eigenvalue weighted by Crippen LogP contribution is -2.27. The van der Waals surface area contributed by atoms with Crippen molar-refractivity contribution in [3.8, 4) is 0 Å². The van der Waals surface area contributed by atoms with Gasteiger partial charge in [-0.25, -0.2) is 13.4 Å². The average molecular weight is 298 g/mol. The van der Waals surface area contributed by atoms with Crippen molar-refractivity contribution in [2.45, 2.75) is 31.3 Å². The van der Waals surface area contributed by atoms with E-state index in [1.165, 1.54) is 17.5 Å². The highest BCUT2D eigenvalue weighted by atomic mass is 32.2. The van der Waals surface area contributed by atoms with E-state index in [0.717, 1.165) is 6.42 Å². The number of rotatable bonds is 6. The Kier molecular flexibility index (Phi) is 4.09. The monoisotopic (exact) mass is 298 g/mol. The van der Waals surface area contributed by atoms with Crippen LogP contribution in [0.1, 0.15) is 19.2 Å². The molecule has 2 heterocycles. The molecule has 0 atom stereocenters. The third kappa shape index (κ3) is 2.83. The highest BCUT2D eigenvalue weighted by Crippen LogP contribution is 2.21. The summed E-state index contributed by atoms with van der Waals surface area (Å²) in [6, 6.07) is 0. The van der Waals surface area contributed by atoms with E-state index in [1.54, 1.807) is 17.1 Å². The number of nitrogen functional groups attached to an aromatic ring is 1. The maximum atomic E-state index is 12.4. The Balaban J connectivity index is 2.25. The number of sulfonamides is 1. The Morgan fingerprint density at radius 3 is 2.85 bits per heavy atom. The minimum Gasteiger partial charge on any atom is -0.381 e. The van der Waals surface area contributed by atoms with Crippen molar-refractivity contribution in [3.05, 3.63) is 24.4 Å². The molecular weight excluding hydrogens is 280 g/mol. The summed E-state index contributed by atoms with van der Waals surface area (Å²) < 4.78 is 27.6. The molecule has 0 spiro atoms. The van der Waals surface area contributed by atoms with Gasteiger partial charge in [0.05, 0.1) is 6.54 Å². The number of imidazole rings is 1. The van der Waals surface area contributed by atoms with Gasteiger partial charge in [-0.2, -0.15) is 9.40 Å². The quantitative estimate of drug-likeness (QED) is 0.803. The molecule has 0 fully saturated rings. The van der Waals surface area contributed by atoms with E-state index in [-0.39, 0.29) is 17.3 Å². The van der Waals surface area contributed by atoms with Crippen molar-refractivity contribution >= 4 is 15.8 Å². The molecule has 9 heteroatoms. The molecule has 2 aromatic heterocycles. The zero-order valence-electron chi connectivity index (χ0n) is 11.4. The fourth-order valence-electron chi connectivity index (χ4n) is 1.81. The number of nitrogens with zero attached hydrogens (tertiary/aromatic N) is 4. The highest BCUT2D eigenvalue weighted by molar-refractivity contribution is 7.89. The number of aromatic amines is 1. The lowest BCUT2D eigenvalue weighted by molar-refractivity contribution is 0.458. The molecule has 0 bridgehead atoms. The van der Waals surface area contributed by atoms with Crippen LogP contribution in [0.3, 0.4) is 0 Å². The second-order valence-corrected chi connectivity index (χ2v) is 6.45. The molecular formula is C11H18N6O2S. The van der Waals surface area contributed by atoms with Gasteiger partial charge in [0, 0.05) is 32.2 Å². The summed E-state index contributed by atoms with van der Waals surface area (Å²) in [6.45, 7) is 2.75. The molecule has 0 saturated heterocycles. The molecule has 0 aromatic carbocycles. The maximum absolute atomic E-state index is 12.4. The fourth-order valence-corrected chi connectivity index (χ4v) is 3.00. The Labute approximate surface area is 117 Å². The number of H-pyrrole nitrogens is 1. The summed E-state index contributed by atoms with van der Waals surface area (Å²) in [7, 11) is -2.20. The van der Waals surface area contributed by atoms with Gasteiger partial charge in [0.1, 0.15) is 10.7 Å². The number of hydrogen-bond donors (Lipinski definition) is 2. The molecule has 3 N–H and O–H groups in total. The molecule has 20 heavy (non-hydrogen) atoms. The van der Waals surface area contributed by atoms with Crippen LogP contribution in [0.2, 0.25) is 0 Å². The van der Waals surface area contributed by atoms with Crippen LogP contribution in [0.15, 0.2) is 23.5 Å². The van der Waals surface area contributed by atoms with Gasteiger partial charge < -0.3 is 10.7 Å². The molecule has 8 nitrogen and oxygen atoms in total. The van der Waals surface area contributed by atoms with Gasteiger partial charge in [0.25, 0.3) is 0 Å². The summed E-state index contributed by atoms with van der Waals surface area (Å²) >= 11 is 0. The number of aryl methyl sites for hydroxylation is 1. The predicted octanol–water partition coefficient (Wildman–Crippen LogP) is 0.419. The van der Waals surface area contributed by atoms with Crippen molar-refractivity contribution in [2.24, 2.45) is 0 Å². The first-order valence-corrected chi connectivity index (χ1v) is 7.66. The third-order valence-corrected chi connectivity index (χ3v) is 4.64. The number of hydrogen-bond acceptors (Lipinski definition) is 5. The molecule has 2 aromatic rings. The van der Waals surface area contributed by atoms with Gasteiger partial charge in [0.2, 0.25) is 10.0 Å². The second kappa shape index (κ2) is 5.63. The number of anilines is 1. The van der Waals surface area contributed by atoms with Crippen LogP contribution in [-0.4, -0.2) is 39.5 Å². The Hall–Kier alpha value is -1.87. The molecule has 110 valence electrons. The van der Waals surface area contributed by atoms with E-state index < -0.39 is 10.0 Å². The minimum absolute atomic E-state index is 0.0183. The smallest absolute Gasteiger partial charge is 0.248 e. The molecule has 0 radical (unpaired) electrons. The van der Waals surface area contributed by atoms with Crippen LogP contribution in [0.4, 0.5) is 5.82 Å². The molecule has 0 unspecified atom stereocenters. The van der Waals surface area contributed by atoms with Gasteiger partial charge in [-0.1, -0.05) is 6.92 Å². The van der Waals surface area contributed by atoms with Gasteiger partial charge in [-0.05, 0) is 6.42 Å². The van der Waals surface area contributed by atoms with Crippen LogP contribution in [-0.2, 0) is 23.1 Å². The van der Waals surface area contributed by atoms with E-state index in [4.69, 9.17) is 5.73 Å². The molecule has 0 aliphatic carbocycles. The maximum Gasteiger partial charge on any atom is 0.248 e. The van der Waals surface area contributed by atoms with Gasteiger partial charge in [0.15, 0.2) is 5.82 Å². The summed E-state index contributed by atoms with van der Waals surface area (Å²) in [6.07, 6.45) is 5.53. The zero-order chi connectivity index (χ0) is 14.8. The molecule has 2 rings (SSSR count). The Bertz CT molecular complexity index is 661. The van der Waals surface area contributed by atoms with Crippen molar-refractivity contribution < 1.29 is 8.42 Å². The van der Waals surface area contributed by atoms with Crippen LogP contribution in [0.25, 0.3) is 0 Å². The fraction of sp³-hybridized carbons (Fsp3) is 0.455. The third-order valence-electron chi connectivity index (χ3n) is 2.82. The van der Waals surface area contributed by atoms with Crippen molar-refractivity contribution in [2.75, 3.05) is 12.8 Å². The largest absolute Gasteiger partial charge is 0.381 e. The zero-order valence-corrected chi connectivity index (χ0v) is 12.3. The first kappa shape index (κ1) is 14.5. The topological polar surface area (TPSA) is 110 Å². The normalized spacial score (nSPS) is 12.2. The van der Waals surface area contributed by atoms with E-state index in [1.807, 2.05) is 6.92 Å². The summed E-state index contributed by atoms with van der Waals surface area (Å²) in [5, 5.41) is 4.01. The Morgan fingerprint density at radius 2 is 2.25 bits per heavy atom. The number of nitrogens with one attached hydrogen (secondary N) is 1. The van der Waals surface area contributed by atoms with Gasteiger partial charge >= 0.3 is 0 Å². The molecule has 0 aliphatic heterocycles. The van der Waals surface area contributed by atoms with E-state index in [9.17, 15) is 8.42 Å². The number of nitrogens with two attached hydrogens (primary N) is 1. The highest BCUT2D eigenvalue weighted by Gasteiger charge is 2.26. The molecule has 0 amide bonds. The lowest BCUT2D eigenvalue weighted by atomic mass is 10.5. The second-order valence-electron chi connectivity index (χ2n) is 4.44. The van der Waals surface area contributed by atoms with E-state index >= 15 is 0 Å². The lowest BCUT2D eigenvalue weighted by Gasteiger charge is -2.14. The molecule has 0 saturated carbocycles. The van der Waals surface area contributed by atoms with Gasteiger partial charge in [-0.3, -0.25) is 4.68 Å². The number of aromatic nitrogens is 4. The summed E-state index contributed by atoms with van der Waals surface area (Å²) in [5.74, 6) is 0.584. The van der Waals surface area contributed by atoms with Crippen LogP contribution < -0.4 is 5.73 Å². The van der Waals surface area contributed by atoms with Gasteiger partial charge in [-0.15, -0.1) is 0 Å². The van der Waals surface area contributed by atoms with E-state index in [2.05, 4.69) is 15.1 Å². The summed E-state index contributed by atoms with van der Waals surface area (Å²) in [5.41, 5.74) is 5.71. The van der Waals surface area contributed by atoms with Crippen molar-refractivity contribution in [3.63, 3.8) is 0 Å². The Morgan fingerprint density at radius 1 is 1.50 bits per heavy atom. The standard InChI is InChI=1S/C11H18N6O2S/c1-3-6-17-7-9(11(12)15-17)20(18,19)16(2)8-10-13-4-5-14-10/h4-5,7H,3,6,8H2,1-2H3,(H2,12,15)(H,13,14). The van der Waals surface area contributed by atoms with E-state index in [0.29, 0.717) is 12.4 Å². The van der Waals surface area contributed by atoms with Crippen molar-refractivity contribution in [1.29, 1.82) is 0 Å². The first-order valence-electron chi connectivity index (χ1n) is 6.22. The van der Waals surface area contributed by atoms with Crippen LogP contribution in [0, 0.1) is 0 Å². The minimum atomic E-state index is -3.68. The predicted molar refractivity (Wildman–Crippen MR) is 74.2 cm³/mol. The molecule has 0 aliphatic rings. The first-order chi connectivity index (χ1) is 9.45. The van der Waals surface area contributed by atoms with Crippen molar-refractivity contribution in [1.82, 2.24) is 24.1 Å².